The third-order valence-electron chi connectivity index (χ3n) is 6.82. The van der Waals surface area contributed by atoms with Crippen LogP contribution >= 0.6 is 0 Å². The SMILES string of the molecule is CC1=CC(C)[C]([Ti+2]([C]2=C(C)C(C)=CC2C)=[C](c2ccccc2)c2ccccc2)=C1C.[Cl-].[Cl-]. The summed E-state index contributed by atoms with van der Waals surface area (Å²) in [4.78, 5) is 0. The second-order valence-electron chi connectivity index (χ2n) is 8.84. The summed E-state index contributed by atoms with van der Waals surface area (Å²) in [6.45, 7) is 14.1. The van der Waals surface area contributed by atoms with Crippen molar-refractivity contribution in [1.29, 1.82) is 0 Å². The minimum Gasteiger partial charge on any atom is -1.00 e. The molecule has 2 aromatic rings. The Bertz CT molecular complexity index is 1040. The molecule has 0 bridgehead atoms. The molecule has 0 nitrogen and oxygen atoms in total. The maximum absolute atomic E-state index is 2.49. The summed E-state index contributed by atoms with van der Waals surface area (Å²) in [7, 11) is 0. The first kappa shape index (κ1) is 26.8. The van der Waals surface area contributed by atoms with E-state index in [1.807, 2.05) is 0 Å². The molecule has 0 fully saturated rings. The van der Waals surface area contributed by atoms with Gasteiger partial charge in [0.05, 0.1) is 0 Å². The Hall–Kier alpha value is -1.44. The van der Waals surface area contributed by atoms with Crippen LogP contribution in [0.2, 0.25) is 0 Å². The van der Waals surface area contributed by atoms with Crippen LogP contribution in [-0.4, -0.2) is 3.81 Å². The summed E-state index contributed by atoms with van der Waals surface area (Å²) in [5.41, 5.74) is 8.81. The van der Waals surface area contributed by atoms with Crippen molar-refractivity contribution in [2.24, 2.45) is 11.8 Å². The van der Waals surface area contributed by atoms with E-state index in [1.165, 1.54) is 22.3 Å². The van der Waals surface area contributed by atoms with Crippen LogP contribution in [0.4, 0.5) is 0 Å². The minimum atomic E-state index is -2.03. The van der Waals surface area contributed by atoms with Crippen molar-refractivity contribution in [2.75, 3.05) is 0 Å². The van der Waals surface area contributed by atoms with Gasteiger partial charge in [-0.2, -0.15) is 0 Å². The predicted octanol–water partition coefficient (Wildman–Crippen LogP) is 1.62. The number of benzene rings is 2. The molecular formula is C29H32Cl2Ti. The number of halogens is 2. The molecule has 3 heteroatoms. The van der Waals surface area contributed by atoms with E-state index in [2.05, 4.69) is 114 Å². The van der Waals surface area contributed by atoms with Crippen LogP contribution in [0.25, 0.3) is 0 Å². The van der Waals surface area contributed by atoms with Crippen molar-refractivity contribution < 1.29 is 42.2 Å². The smallest absolute Gasteiger partial charge is 1.00 e. The van der Waals surface area contributed by atoms with Gasteiger partial charge in [0.25, 0.3) is 0 Å². The van der Waals surface area contributed by atoms with Crippen molar-refractivity contribution >= 4 is 3.81 Å². The first-order chi connectivity index (χ1) is 14.4. The van der Waals surface area contributed by atoms with E-state index in [4.69, 9.17) is 0 Å². The third-order valence-corrected chi connectivity index (χ3v) is 12.8. The zero-order valence-corrected chi connectivity index (χ0v) is 22.9. The van der Waals surface area contributed by atoms with Gasteiger partial charge < -0.3 is 24.8 Å². The van der Waals surface area contributed by atoms with Crippen molar-refractivity contribution in [3.63, 3.8) is 0 Å². The quantitative estimate of drug-likeness (QED) is 0.562. The van der Waals surface area contributed by atoms with E-state index >= 15 is 0 Å². The summed E-state index contributed by atoms with van der Waals surface area (Å²) in [5.74, 6) is 1.05. The minimum absolute atomic E-state index is 0. The fourth-order valence-corrected chi connectivity index (χ4v) is 11.4. The van der Waals surface area contributed by atoms with Crippen molar-refractivity contribution in [3.8, 4) is 0 Å². The molecule has 4 rings (SSSR count). The Kier molecular flexibility index (Phi) is 9.32. The summed E-state index contributed by atoms with van der Waals surface area (Å²) in [6.07, 6.45) is 4.97. The molecule has 166 valence electrons. The van der Waals surface area contributed by atoms with Gasteiger partial charge in [0.15, 0.2) is 0 Å². The van der Waals surface area contributed by atoms with Gasteiger partial charge in [-0.05, 0) is 0 Å². The fourth-order valence-electron chi connectivity index (χ4n) is 5.18. The van der Waals surface area contributed by atoms with E-state index in [-0.39, 0.29) is 24.8 Å². The Balaban J connectivity index is 0.00000181. The van der Waals surface area contributed by atoms with Gasteiger partial charge in [-0.25, -0.2) is 0 Å². The summed E-state index contributed by atoms with van der Waals surface area (Å²) in [5, 5.41) is 0. The zero-order chi connectivity index (χ0) is 21.4. The average Bonchev–Trinajstić information content (AvgIpc) is 3.14. The van der Waals surface area contributed by atoms with Crippen molar-refractivity contribution in [1.82, 2.24) is 0 Å². The van der Waals surface area contributed by atoms with Gasteiger partial charge in [-0.1, -0.05) is 0 Å². The van der Waals surface area contributed by atoms with E-state index in [1.54, 1.807) is 22.7 Å². The molecule has 0 amide bonds. The summed E-state index contributed by atoms with van der Waals surface area (Å²) < 4.78 is 5.07. The second kappa shape index (κ2) is 11.1. The van der Waals surface area contributed by atoms with E-state index in [0.717, 1.165) is 0 Å². The van der Waals surface area contributed by atoms with Crippen LogP contribution in [-0.2, 0) is 17.4 Å². The van der Waals surface area contributed by atoms with Crippen LogP contribution in [0.1, 0.15) is 52.7 Å². The number of hydrogen-bond acceptors (Lipinski definition) is 0. The molecule has 0 saturated heterocycles. The molecule has 0 aliphatic heterocycles. The summed E-state index contributed by atoms with van der Waals surface area (Å²) in [6, 6.07) is 22.3. The first-order valence-electron chi connectivity index (χ1n) is 11.0. The normalized spacial score (nSPS) is 19.5. The van der Waals surface area contributed by atoms with Gasteiger partial charge in [0.2, 0.25) is 0 Å². The molecule has 2 atom stereocenters. The molecule has 2 aliphatic carbocycles. The van der Waals surface area contributed by atoms with Crippen LogP contribution in [0.3, 0.4) is 0 Å². The van der Waals surface area contributed by atoms with Crippen LogP contribution in [0.5, 0.6) is 0 Å². The largest absolute Gasteiger partial charge is 1.00 e. The van der Waals surface area contributed by atoms with E-state index < -0.39 is 17.4 Å². The van der Waals surface area contributed by atoms with Crippen LogP contribution in [0.15, 0.2) is 103 Å². The molecule has 2 aromatic carbocycles. The fraction of sp³-hybridized carbons (Fsp3) is 0.276. The monoisotopic (exact) mass is 498 g/mol. The van der Waals surface area contributed by atoms with Crippen molar-refractivity contribution in [2.45, 2.75) is 41.5 Å². The molecule has 0 saturated carbocycles. The maximum Gasteiger partial charge on any atom is -1.00 e. The van der Waals surface area contributed by atoms with Crippen LogP contribution < -0.4 is 24.8 Å². The molecule has 0 aromatic heterocycles. The predicted molar refractivity (Wildman–Crippen MR) is 127 cm³/mol. The molecule has 2 aliphatic rings. The first-order valence-corrected chi connectivity index (χ1v) is 13.4. The molecule has 0 radical (unpaired) electrons. The van der Waals surface area contributed by atoms with Crippen molar-refractivity contribution in [3.05, 3.63) is 114 Å². The van der Waals surface area contributed by atoms with Gasteiger partial charge in [0.1, 0.15) is 0 Å². The third kappa shape index (κ3) is 4.90. The maximum atomic E-state index is 2.49. The molecule has 0 N–H and O–H groups in total. The Morgan fingerprint density at radius 3 is 1.22 bits per heavy atom. The zero-order valence-electron chi connectivity index (χ0n) is 19.8. The Morgan fingerprint density at radius 2 is 0.938 bits per heavy atom. The Morgan fingerprint density at radius 1 is 0.594 bits per heavy atom. The molecule has 0 heterocycles. The van der Waals surface area contributed by atoms with Gasteiger partial charge in [0, 0.05) is 0 Å². The molecule has 2 unspecified atom stereocenters. The summed E-state index contributed by atoms with van der Waals surface area (Å²) >= 11 is -2.03. The van der Waals surface area contributed by atoms with Crippen LogP contribution in [0, 0.1) is 11.8 Å². The topological polar surface area (TPSA) is 0 Å². The number of hydrogen-bond donors (Lipinski definition) is 0. The van der Waals surface area contributed by atoms with E-state index in [0.29, 0.717) is 11.8 Å². The van der Waals surface area contributed by atoms with Gasteiger partial charge >= 0.3 is 189 Å². The number of rotatable bonds is 4. The Labute approximate surface area is 212 Å². The molecule has 32 heavy (non-hydrogen) atoms. The average molecular weight is 499 g/mol. The van der Waals surface area contributed by atoms with Gasteiger partial charge in [-0.3, -0.25) is 0 Å². The standard InChI is InChI=1S/C13H10.2C8H11.2ClH.Ti/c1-3-7-12(8-4-1)11-13-9-5-2-6-10-13;2*1-6-4-7(2)8(3)5-6;;;/h1-10H;2*4,6H,1-3H3;2*1H;/q;;;;;+2/p-2. The van der Waals surface area contributed by atoms with Gasteiger partial charge in [-0.15, -0.1) is 0 Å². The molecule has 0 spiro atoms. The second-order valence-corrected chi connectivity index (χ2v) is 12.5. The number of allylic oxidation sites excluding steroid dienone is 8. The van der Waals surface area contributed by atoms with E-state index in [9.17, 15) is 0 Å². The molecular weight excluding hydrogens is 467 g/mol.